The molecule has 0 heterocycles. The van der Waals surface area contributed by atoms with Crippen LogP contribution in [0.15, 0.2) is 0 Å². The first kappa shape index (κ1) is 50.9. The zero-order valence-electron chi connectivity index (χ0n) is 33.0. The molecule has 0 spiro atoms. The van der Waals surface area contributed by atoms with Gasteiger partial charge < -0.3 is 29.9 Å². The first-order valence-corrected chi connectivity index (χ1v) is 21.3. The number of hydrogen-bond donors (Lipinski definition) is 4. The van der Waals surface area contributed by atoms with Crippen LogP contribution in [0.2, 0.25) is 0 Å². The van der Waals surface area contributed by atoms with E-state index in [2.05, 4.69) is 13.8 Å². The summed E-state index contributed by atoms with van der Waals surface area (Å²) in [7, 11) is 0. The molecule has 0 aromatic rings. The van der Waals surface area contributed by atoms with Crippen LogP contribution < -0.4 is 0 Å². The van der Waals surface area contributed by atoms with Gasteiger partial charge in [0, 0.05) is 12.8 Å². The standard InChI is InChI=1S/2C21H42O4/c1-2-3-4-5-6-7-8-9-10-11-12-13-14-15-16-17-21(24)25-19-20(23)18-22;1-2-3-4-5-6-7-8-9-10-11-12-13-14-15-16-17-21(24)25-20(18-22)19-23/h2*20,22-23H,2-19H2,1H3. The zero-order valence-corrected chi connectivity index (χ0v) is 33.0. The van der Waals surface area contributed by atoms with Crippen LogP contribution in [0.1, 0.15) is 219 Å². The molecule has 0 amide bonds. The Morgan fingerprint density at radius 3 is 0.980 bits per heavy atom. The molecule has 50 heavy (non-hydrogen) atoms. The molecule has 0 fully saturated rings. The second-order valence-electron chi connectivity index (χ2n) is 14.4. The molecule has 0 saturated carbocycles. The van der Waals surface area contributed by atoms with E-state index >= 15 is 0 Å². The van der Waals surface area contributed by atoms with E-state index in [0.717, 1.165) is 25.7 Å². The predicted octanol–water partition coefficient (Wildman–Crippen LogP) is 10.3. The fourth-order valence-corrected chi connectivity index (χ4v) is 5.97. The van der Waals surface area contributed by atoms with Gasteiger partial charge in [-0.2, -0.15) is 0 Å². The summed E-state index contributed by atoms with van der Waals surface area (Å²) in [6.07, 6.45) is 38.1. The topological polar surface area (TPSA) is 134 Å². The fourth-order valence-electron chi connectivity index (χ4n) is 5.97. The maximum absolute atomic E-state index is 11.5. The van der Waals surface area contributed by atoms with Crippen molar-refractivity contribution in [3.63, 3.8) is 0 Å². The van der Waals surface area contributed by atoms with Crippen molar-refractivity contribution < 1.29 is 39.5 Å². The van der Waals surface area contributed by atoms with Crippen LogP contribution in [0.5, 0.6) is 0 Å². The highest BCUT2D eigenvalue weighted by Gasteiger charge is 2.11. The molecule has 0 aromatic carbocycles. The summed E-state index contributed by atoms with van der Waals surface area (Å²) >= 11 is 0. The van der Waals surface area contributed by atoms with Gasteiger partial charge in [0.15, 0.2) is 0 Å². The van der Waals surface area contributed by atoms with Gasteiger partial charge in [0.2, 0.25) is 0 Å². The highest BCUT2D eigenvalue weighted by molar-refractivity contribution is 5.69. The van der Waals surface area contributed by atoms with Gasteiger partial charge >= 0.3 is 11.9 Å². The number of rotatable bonds is 38. The molecule has 8 nitrogen and oxygen atoms in total. The van der Waals surface area contributed by atoms with E-state index in [1.807, 2.05) is 0 Å². The molecular weight excluding hydrogens is 632 g/mol. The number of carbonyl (C=O) groups excluding carboxylic acids is 2. The quantitative estimate of drug-likeness (QED) is 0.0366. The van der Waals surface area contributed by atoms with E-state index in [1.54, 1.807) is 0 Å². The normalized spacial score (nSPS) is 11.7. The highest BCUT2D eigenvalue weighted by atomic mass is 16.6. The number of ether oxygens (including phenoxy) is 2. The largest absolute Gasteiger partial charge is 0.463 e. The average Bonchev–Trinajstić information content (AvgIpc) is 3.13. The van der Waals surface area contributed by atoms with E-state index in [-0.39, 0.29) is 38.4 Å². The number of esters is 2. The number of carbonyl (C=O) groups is 2. The summed E-state index contributed by atoms with van der Waals surface area (Å²) in [4.78, 5) is 22.8. The molecule has 1 unspecified atom stereocenters. The first-order chi connectivity index (χ1) is 24.4. The van der Waals surface area contributed by atoms with Crippen LogP contribution in [-0.2, 0) is 19.1 Å². The van der Waals surface area contributed by atoms with Crippen LogP contribution in [0.25, 0.3) is 0 Å². The van der Waals surface area contributed by atoms with Gasteiger partial charge in [0.25, 0.3) is 0 Å². The zero-order chi connectivity index (χ0) is 37.2. The Bertz CT molecular complexity index is 670. The van der Waals surface area contributed by atoms with Crippen molar-refractivity contribution >= 4 is 11.9 Å². The lowest BCUT2D eigenvalue weighted by atomic mass is 10.0. The van der Waals surface area contributed by atoms with Crippen molar-refractivity contribution in [2.24, 2.45) is 0 Å². The second kappa shape index (κ2) is 43.9. The molecule has 0 aliphatic rings. The Kier molecular flexibility index (Phi) is 44.7. The minimum atomic E-state index is -0.954. The van der Waals surface area contributed by atoms with Gasteiger partial charge in [-0.3, -0.25) is 9.59 Å². The number of unbranched alkanes of at least 4 members (excludes halogenated alkanes) is 28. The van der Waals surface area contributed by atoms with Crippen LogP contribution in [0.3, 0.4) is 0 Å². The van der Waals surface area contributed by atoms with Crippen LogP contribution >= 0.6 is 0 Å². The lowest BCUT2D eigenvalue weighted by Crippen LogP contribution is -2.25. The molecule has 0 bridgehead atoms. The van der Waals surface area contributed by atoms with Gasteiger partial charge in [-0.15, -0.1) is 0 Å². The van der Waals surface area contributed by atoms with E-state index in [1.165, 1.54) is 167 Å². The molecule has 0 aromatic heterocycles. The van der Waals surface area contributed by atoms with Crippen molar-refractivity contribution in [2.45, 2.75) is 232 Å². The minimum Gasteiger partial charge on any atom is -0.463 e. The molecule has 0 saturated heterocycles. The molecule has 300 valence electrons. The summed E-state index contributed by atoms with van der Waals surface area (Å²) in [5, 5.41) is 35.4. The molecule has 0 radical (unpaired) electrons. The maximum Gasteiger partial charge on any atom is 0.306 e. The predicted molar refractivity (Wildman–Crippen MR) is 207 cm³/mol. The van der Waals surface area contributed by atoms with Crippen molar-refractivity contribution in [1.29, 1.82) is 0 Å². The summed E-state index contributed by atoms with van der Waals surface area (Å²) in [5.74, 6) is -0.593. The molecule has 1 atom stereocenters. The Morgan fingerprint density at radius 2 is 0.700 bits per heavy atom. The SMILES string of the molecule is CCCCCCCCCCCCCCCCCC(=O)OC(CO)CO.CCCCCCCCCCCCCCCCCC(=O)OCC(O)CO. The Hall–Kier alpha value is -1.22. The molecule has 8 heteroatoms. The van der Waals surface area contributed by atoms with Gasteiger partial charge in [-0.25, -0.2) is 0 Å². The first-order valence-electron chi connectivity index (χ1n) is 21.3. The van der Waals surface area contributed by atoms with E-state index in [0.29, 0.717) is 12.8 Å². The van der Waals surface area contributed by atoms with Crippen LogP contribution in [-0.4, -0.2) is 71.0 Å². The Morgan fingerprint density at radius 1 is 0.420 bits per heavy atom. The third-order valence-corrected chi connectivity index (χ3v) is 9.32. The Balaban J connectivity index is 0. The Labute approximate surface area is 308 Å². The third kappa shape index (κ3) is 42.9. The van der Waals surface area contributed by atoms with E-state index < -0.39 is 12.2 Å². The smallest absolute Gasteiger partial charge is 0.306 e. The lowest BCUT2D eigenvalue weighted by Gasteiger charge is -2.12. The van der Waals surface area contributed by atoms with Crippen molar-refractivity contribution in [1.82, 2.24) is 0 Å². The number of aliphatic hydroxyl groups excluding tert-OH is 4. The fraction of sp³-hybridized carbons (Fsp3) is 0.952. The van der Waals surface area contributed by atoms with E-state index in [9.17, 15) is 9.59 Å². The maximum atomic E-state index is 11.5. The second-order valence-corrected chi connectivity index (χ2v) is 14.4. The molecule has 4 N–H and O–H groups in total. The van der Waals surface area contributed by atoms with Crippen molar-refractivity contribution in [2.75, 3.05) is 26.4 Å². The number of hydrogen-bond acceptors (Lipinski definition) is 8. The highest BCUT2D eigenvalue weighted by Crippen LogP contribution is 2.15. The van der Waals surface area contributed by atoms with Crippen molar-refractivity contribution in [3.05, 3.63) is 0 Å². The molecular formula is C42H84O8. The van der Waals surface area contributed by atoms with Crippen LogP contribution in [0, 0.1) is 0 Å². The molecule has 0 rings (SSSR count). The molecule has 0 aliphatic heterocycles. The van der Waals surface area contributed by atoms with Gasteiger partial charge in [-0.1, -0.05) is 194 Å². The molecule has 0 aliphatic carbocycles. The summed E-state index contributed by atoms with van der Waals surface area (Å²) < 4.78 is 9.79. The van der Waals surface area contributed by atoms with Crippen LogP contribution in [0.4, 0.5) is 0 Å². The number of aliphatic hydroxyl groups is 4. The van der Waals surface area contributed by atoms with Gasteiger partial charge in [-0.05, 0) is 12.8 Å². The van der Waals surface area contributed by atoms with E-state index in [4.69, 9.17) is 29.9 Å². The van der Waals surface area contributed by atoms with Gasteiger partial charge in [0.1, 0.15) is 18.8 Å². The third-order valence-electron chi connectivity index (χ3n) is 9.32. The monoisotopic (exact) mass is 717 g/mol. The minimum absolute atomic E-state index is 0.103. The lowest BCUT2D eigenvalue weighted by molar-refractivity contribution is -0.153. The van der Waals surface area contributed by atoms with Crippen molar-refractivity contribution in [3.8, 4) is 0 Å². The average molecular weight is 717 g/mol. The van der Waals surface area contributed by atoms with Gasteiger partial charge in [0.05, 0.1) is 19.8 Å². The summed E-state index contributed by atoms with van der Waals surface area (Å²) in [5.41, 5.74) is 0. The summed E-state index contributed by atoms with van der Waals surface area (Å²) in [6, 6.07) is 0. The summed E-state index contributed by atoms with van der Waals surface area (Å²) in [6.45, 7) is 3.42.